The molecule has 0 aromatic rings. The van der Waals surface area contributed by atoms with E-state index < -0.39 is 0 Å². The average Bonchev–Trinajstić information content (AvgIpc) is 2.27. The summed E-state index contributed by atoms with van der Waals surface area (Å²) >= 11 is 1.86. The first kappa shape index (κ1) is 14.7. The Kier molecular flexibility index (Phi) is 4.44. The maximum absolute atomic E-state index is 12.0. The van der Waals surface area contributed by atoms with Crippen LogP contribution in [0.15, 0.2) is 22.8 Å². The number of ketones is 1. The molecule has 0 bridgehead atoms. The van der Waals surface area contributed by atoms with Gasteiger partial charge >= 0.3 is 0 Å². The van der Waals surface area contributed by atoms with Crippen LogP contribution in [0.5, 0.6) is 0 Å². The van der Waals surface area contributed by atoms with E-state index in [0.29, 0.717) is 23.0 Å². The Labute approximate surface area is 121 Å². The van der Waals surface area contributed by atoms with Gasteiger partial charge in [-0.05, 0) is 38.0 Å². The minimum atomic E-state index is 0.272. The van der Waals surface area contributed by atoms with Gasteiger partial charge in [0.15, 0.2) is 5.78 Å². The molecule has 106 valence electrons. The SMILES string of the molecule is CCNC1=CC(=O)CC(C2C(C)=CCCC2(C)C)S1. The standard InChI is InChI=1S/C16H25NOS/c1-5-17-14-10-12(18)9-13(19-14)15-11(2)7-6-8-16(15,3)4/h7,10,13,15,17H,5-6,8-9H2,1-4H3. The van der Waals surface area contributed by atoms with Crippen LogP contribution >= 0.6 is 11.8 Å². The maximum atomic E-state index is 12.0. The Morgan fingerprint density at radius 3 is 2.84 bits per heavy atom. The van der Waals surface area contributed by atoms with Crippen molar-refractivity contribution in [3.63, 3.8) is 0 Å². The summed E-state index contributed by atoms with van der Waals surface area (Å²) in [6, 6.07) is 0. The van der Waals surface area contributed by atoms with E-state index in [1.807, 2.05) is 11.8 Å². The minimum absolute atomic E-state index is 0.272. The van der Waals surface area contributed by atoms with Crippen molar-refractivity contribution in [1.82, 2.24) is 5.32 Å². The van der Waals surface area contributed by atoms with E-state index in [4.69, 9.17) is 0 Å². The second-order valence-corrected chi connectivity index (χ2v) is 7.60. The molecule has 2 rings (SSSR count). The maximum Gasteiger partial charge on any atom is 0.159 e. The molecule has 2 aliphatic rings. The first-order chi connectivity index (χ1) is 8.94. The quantitative estimate of drug-likeness (QED) is 0.795. The Morgan fingerprint density at radius 2 is 2.21 bits per heavy atom. The highest BCUT2D eigenvalue weighted by molar-refractivity contribution is 8.03. The first-order valence-corrected chi connectivity index (χ1v) is 8.13. The molecule has 3 heteroatoms. The van der Waals surface area contributed by atoms with Crippen LogP contribution in [0.4, 0.5) is 0 Å². The first-order valence-electron chi connectivity index (χ1n) is 7.25. The molecular formula is C16H25NOS. The molecule has 2 atom stereocenters. The van der Waals surface area contributed by atoms with Crippen LogP contribution in [-0.2, 0) is 4.79 Å². The predicted octanol–water partition coefficient (Wildman–Crippen LogP) is 3.89. The molecule has 1 heterocycles. The van der Waals surface area contributed by atoms with Gasteiger partial charge in [0.25, 0.3) is 0 Å². The molecule has 19 heavy (non-hydrogen) atoms. The second-order valence-electron chi connectivity index (χ2n) is 6.32. The molecule has 0 amide bonds. The zero-order valence-corrected chi connectivity index (χ0v) is 13.3. The summed E-state index contributed by atoms with van der Waals surface area (Å²) in [5.74, 6) is 0.784. The smallest absolute Gasteiger partial charge is 0.159 e. The number of allylic oxidation sites excluding steroid dienone is 3. The highest BCUT2D eigenvalue weighted by Gasteiger charge is 2.40. The molecule has 1 N–H and O–H groups in total. The van der Waals surface area contributed by atoms with Crippen molar-refractivity contribution in [1.29, 1.82) is 0 Å². The number of hydrogen-bond donors (Lipinski definition) is 1. The monoisotopic (exact) mass is 279 g/mol. The topological polar surface area (TPSA) is 29.1 Å². The van der Waals surface area contributed by atoms with Gasteiger partial charge in [-0.2, -0.15) is 0 Å². The molecule has 0 radical (unpaired) electrons. The third-order valence-corrected chi connectivity index (χ3v) is 5.54. The molecule has 0 saturated carbocycles. The number of carbonyl (C=O) groups is 1. The van der Waals surface area contributed by atoms with E-state index in [0.717, 1.165) is 11.6 Å². The Hall–Kier alpha value is -0.700. The van der Waals surface area contributed by atoms with E-state index in [1.54, 1.807) is 6.08 Å². The third-order valence-electron chi connectivity index (χ3n) is 4.28. The summed E-state index contributed by atoms with van der Waals surface area (Å²) < 4.78 is 0. The lowest BCUT2D eigenvalue weighted by Crippen LogP contribution is -2.38. The fourth-order valence-corrected chi connectivity index (χ4v) is 5.18. The van der Waals surface area contributed by atoms with Crippen LogP contribution in [0.1, 0.15) is 47.0 Å². The van der Waals surface area contributed by atoms with Gasteiger partial charge in [-0.15, -0.1) is 11.8 Å². The van der Waals surface area contributed by atoms with Gasteiger partial charge in [0.05, 0.1) is 5.03 Å². The van der Waals surface area contributed by atoms with E-state index in [2.05, 4.69) is 39.1 Å². The summed E-state index contributed by atoms with van der Waals surface area (Å²) in [7, 11) is 0. The van der Waals surface area contributed by atoms with Crippen LogP contribution in [0.2, 0.25) is 0 Å². The summed E-state index contributed by atoms with van der Waals surface area (Å²) in [5.41, 5.74) is 1.77. The van der Waals surface area contributed by atoms with Gasteiger partial charge in [-0.1, -0.05) is 25.5 Å². The van der Waals surface area contributed by atoms with Crippen LogP contribution < -0.4 is 5.32 Å². The fourth-order valence-electron chi connectivity index (χ4n) is 3.46. The van der Waals surface area contributed by atoms with Gasteiger partial charge < -0.3 is 5.32 Å². The summed E-state index contributed by atoms with van der Waals surface area (Å²) in [6.07, 6.45) is 7.22. The molecule has 0 saturated heterocycles. The van der Waals surface area contributed by atoms with Crippen molar-refractivity contribution >= 4 is 17.5 Å². The molecule has 0 fully saturated rings. The Bertz CT molecular complexity index is 422. The minimum Gasteiger partial charge on any atom is -0.380 e. The Balaban J connectivity index is 2.21. The van der Waals surface area contributed by atoms with Crippen LogP contribution in [-0.4, -0.2) is 17.6 Å². The third kappa shape index (κ3) is 3.25. The molecule has 1 aliphatic heterocycles. The number of nitrogens with one attached hydrogen (secondary N) is 1. The number of hydrogen-bond acceptors (Lipinski definition) is 3. The van der Waals surface area contributed by atoms with Crippen LogP contribution in [0, 0.1) is 11.3 Å². The lowest BCUT2D eigenvalue weighted by molar-refractivity contribution is -0.115. The molecular weight excluding hydrogens is 254 g/mol. The second kappa shape index (κ2) is 5.74. The lowest BCUT2D eigenvalue weighted by atomic mass is 9.66. The Morgan fingerprint density at radius 1 is 1.47 bits per heavy atom. The molecule has 0 spiro atoms. The zero-order valence-electron chi connectivity index (χ0n) is 12.5. The van der Waals surface area contributed by atoms with Crippen molar-refractivity contribution in [3.05, 3.63) is 22.8 Å². The summed E-state index contributed by atoms with van der Waals surface area (Å²) in [4.78, 5) is 12.0. The van der Waals surface area contributed by atoms with Crippen molar-refractivity contribution < 1.29 is 4.79 Å². The van der Waals surface area contributed by atoms with E-state index >= 15 is 0 Å². The normalized spacial score (nSPS) is 30.6. The molecule has 2 unspecified atom stereocenters. The largest absolute Gasteiger partial charge is 0.380 e. The van der Waals surface area contributed by atoms with E-state index in [9.17, 15) is 4.79 Å². The van der Waals surface area contributed by atoms with E-state index in [-0.39, 0.29) is 5.78 Å². The molecule has 1 aliphatic carbocycles. The van der Waals surface area contributed by atoms with E-state index in [1.165, 1.54) is 18.4 Å². The van der Waals surface area contributed by atoms with Gasteiger partial charge in [-0.25, -0.2) is 0 Å². The van der Waals surface area contributed by atoms with Crippen molar-refractivity contribution in [2.24, 2.45) is 11.3 Å². The van der Waals surface area contributed by atoms with Gasteiger partial charge in [0.2, 0.25) is 0 Å². The van der Waals surface area contributed by atoms with Gasteiger partial charge in [0.1, 0.15) is 0 Å². The zero-order chi connectivity index (χ0) is 14.0. The van der Waals surface area contributed by atoms with Crippen molar-refractivity contribution in [2.75, 3.05) is 6.54 Å². The molecule has 2 nitrogen and oxygen atoms in total. The average molecular weight is 279 g/mol. The number of rotatable bonds is 3. The highest BCUT2D eigenvalue weighted by atomic mass is 32.2. The summed E-state index contributed by atoms with van der Waals surface area (Å²) in [6.45, 7) is 9.89. The molecule has 0 aromatic carbocycles. The number of thioether (sulfide) groups is 1. The highest BCUT2D eigenvalue weighted by Crippen LogP contribution is 2.48. The van der Waals surface area contributed by atoms with Crippen molar-refractivity contribution in [2.45, 2.75) is 52.2 Å². The van der Waals surface area contributed by atoms with Gasteiger partial charge in [0, 0.05) is 24.3 Å². The number of carbonyl (C=O) groups excluding carboxylic acids is 1. The van der Waals surface area contributed by atoms with Crippen LogP contribution in [0.25, 0.3) is 0 Å². The van der Waals surface area contributed by atoms with Crippen LogP contribution in [0.3, 0.4) is 0 Å². The lowest BCUT2D eigenvalue weighted by Gasteiger charge is -2.43. The van der Waals surface area contributed by atoms with Crippen molar-refractivity contribution in [3.8, 4) is 0 Å². The molecule has 0 aromatic heterocycles. The summed E-state index contributed by atoms with van der Waals surface area (Å²) in [5, 5.41) is 4.75. The van der Waals surface area contributed by atoms with Gasteiger partial charge in [-0.3, -0.25) is 4.79 Å². The predicted molar refractivity (Wildman–Crippen MR) is 83.0 cm³/mol. The fraction of sp³-hybridized carbons (Fsp3) is 0.688.